The van der Waals surface area contributed by atoms with Crippen LogP contribution in [0.2, 0.25) is 0 Å². The molecule has 4 aliphatic carbocycles. The monoisotopic (exact) mass is 396 g/mol. The second kappa shape index (κ2) is 6.54. The fourth-order valence-corrected chi connectivity index (χ4v) is 7.98. The van der Waals surface area contributed by atoms with Crippen LogP contribution in [0.5, 0.6) is 0 Å². The molecule has 1 aromatic heterocycles. The molecule has 4 aliphatic rings. The minimum absolute atomic E-state index is 0.0937. The number of hydrogen-bond donors (Lipinski definition) is 1. The highest BCUT2D eigenvalue weighted by molar-refractivity contribution is 6.06. The Morgan fingerprint density at radius 3 is 2.69 bits per heavy atom. The molecule has 1 heterocycles. The summed E-state index contributed by atoms with van der Waals surface area (Å²) in [7, 11) is 1.94. The summed E-state index contributed by atoms with van der Waals surface area (Å²) in [6.45, 7) is 6.79. The van der Waals surface area contributed by atoms with Gasteiger partial charge in [0.2, 0.25) is 0 Å². The first-order chi connectivity index (χ1) is 13.7. The number of carbonyl (C=O) groups excluding carboxylic acids is 1. The highest BCUT2D eigenvalue weighted by Gasteiger charge is 2.61. The van der Waals surface area contributed by atoms with Crippen molar-refractivity contribution in [3.8, 4) is 0 Å². The molecule has 0 spiro atoms. The van der Waals surface area contributed by atoms with E-state index in [1.807, 2.05) is 24.9 Å². The topological polar surface area (TPSA) is 55.1 Å². The van der Waals surface area contributed by atoms with Gasteiger partial charge in [-0.05, 0) is 99.0 Å². The van der Waals surface area contributed by atoms with E-state index in [4.69, 9.17) is 0 Å². The molecule has 0 bridgehead atoms. The number of aliphatic hydroxyl groups excluding tert-OH is 1. The van der Waals surface area contributed by atoms with Crippen molar-refractivity contribution in [2.75, 3.05) is 0 Å². The Bertz CT molecular complexity index is 870. The van der Waals surface area contributed by atoms with E-state index in [2.05, 4.69) is 25.0 Å². The van der Waals surface area contributed by atoms with Gasteiger partial charge in [0.1, 0.15) is 0 Å². The van der Waals surface area contributed by atoms with Crippen LogP contribution in [0.3, 0.4) is 0 Å². The number of fused-ring (bicyclic) bond motifs is 5. The van der Waals surface area contributed by atoms with Gasteiger partial charge in [0.15, 0.2) is 5.78 Å². The number of nitrogens with zero attached hydrogens (tertiary/aromatic N) is 2. The van der Waals surface area contributed by atoms with Gasteiger partial charge >= 0.3 is 0 Å². The lowest BCUT2D eigenvalue weighted by molar-refractivity contribution is -0.141. The van der Waals surface area contributed by atoms with Crippen molar-refractivity contribution in [2.45, 2.75) is 78.2 Å². The average Bonchev–Trinajstić information content (AvgIpc) is 3.12. The number of hydrogen-bond acceptors (Lipinski definition) is 3. The third-order valence-electron chi connectivity index (χ3n) is 9.66. The Balaban J connectivity index is 1.46. The van der Waals surface area contributed by atoms with Crippen LogP contribution in [0.4, 0.5) is 0 Å². The van der Waals surface area contributed by atoms with Crippen LogP contribution in [0.25, 0.3) is 6.08 Å². The Morgan fingerprint density at radius 1 is 1.17 bits per heavy atom. The maximum absolute atomic E-state index is 13.5. The first-order valence-corrected chi connectivity index (χ1v) is 11.7. The highest BCUT2D eigenvalue weighted by atomic mass is 16.3. The number of Topliss-reactive ketones (excluding diaryl/α,β-unsaturated/α-hetero) is 1. The highest BCUT2D eigenvalue weighted by Crippen LogP contribution is 2.66. The lowest BCUT2D eigenvalue weighted by Crippen LogP contribution is -2.54. The SMILES string of the molecule is Cc1nn(C)cc1/C=C1/C[C@H]2[C@@H]3CC[C@@H]4C[C@H](O)CC[C@]4(C)[C@H]3CC[C@]2(C)C1=O. The molecule has 0 aliphatic heterocycles. The molecule has 0 amide bonds. The number of aryl methyl sites for hydroxylation is 2. The molecule has 7 atom stereocenters. The zero-order valence-corrected chi connectivity index (χ0v) is 18.4. The average molecular weight is 397 g/mol. The zero-order chi connectivity index (χ0) is 20.6. The van der Waals surface area contributed by atoms with Gasteiger partial charge in [0, 0.05) is 24.2 Å². The van der Waals surface area contributed by atoms with Crippen LogP contribution in [-0.4, -0.2) is 26.8 Å². The Labute approximate surface area is 174 Å². The summed E-state index contributed by atoms with van der Waals surface area (Å²) in [6.07, 6.45) is 12.8. The summed E-state index contributed by atoms with van der Waals surface area (Å²) in [5.41, 5.74) is 3.30. The summed E-state index contributed by atoms with van der Waals surface area (Å²) < 4.78 is 1.84. The lowest BCUT2D eigenvalue weighted by Gasteiger charge is -2.59. The Morgan fingerprint density at radius 2 is 1.97 bits per heavy atom. The van der Waals surface area contributed by atoms with E-state index in [0.29, 0.717) is 29.0 Å². The van der Waals surface area contributed by atoms with E-state index in [0.717, 1.165) is 54.9 Å². The van der Waals surface area contributed by atoms with E-state index in [1.54, 1.807) is 0 Å². The number of ketones is 1. The largest absolute Gasteiger partial charge is 0.393 e. The van der Waals surface area contributed by atoms with E-state index in [-0.39, 0.29) is 11.5 Å². The van der Waals surface area contributed by atoms with E-state index >= 15 is 0 Å². The van der Waals surface area contributed by atoms with E-state index < -0.39 is 0 Å². The summed E-state index contributed by atoms with van der Waals surface area (Å²) in [5, 5.41) is 14.7. The Hall–Kier alpha value is -1.42. The number of rotatable bonds is 1. The molecule has 0 unspecified atom stereocenters. The lowest BCUT2D eigenvalue weighted by atomic mass is 9.45. The third kappa shape index (κ3) is 2.81. The fraction of sp³-hybridized carbons (Fsp3) is 0.760. The molecule has 0 aromatic carbocycles. The molecule has 4 fully saturated rings. The third-order valence-corrected chi connectivity index (χ3v) is 9.66. The van der Waals surface area contributed by atoms with Gasteiger partial charge in [0.25, 0.3) is 0 Å². The first-order valence-electron chi connectivity index (χ1n) is 11.7. The minimum Gasteiger partial charge on any atom is -0.393 e. The molecule has 4 heteroatoms. The number of aromatic nitrogens is 2. The second-order valence-corrected chi connectivity index (χ2v) is 11.1. The summed E-state index contributed by atoms with van der Waals surface area (Å²) >= 11 is 0. The van der Waals surface area contributed by atoms with Crippen LogP contribution in [0.1, 0.15) is 76.5 Å². The smallest absolute Gasteiger partial charge is 0.165 e. The molecular weight excluding hydrogens is 360 g/mol. The Kier molecular flexibility index (Phi) is 4.40. The molecular formula is C25H36N2O2. The predicted octanol–water partition coefficient (Wildman–Crippen LogP) is 4.69. The zero-order valence-electron chi connectivity index (χ0n) is 18.4. The van der Waals surface area contributed by atoms with Crippen molar-refractivity contribution in [1.29, 1.82) is 0 Å². The molecule has 1 N–H and O–H groups in total. The van der Waals surface area contributed by atoms with Crippen molar-refractivity contribution < 1.29 is 9.90 Å². The number of allylic oxidation sites excluding steroid dienone is 1. The summed E-state index contributed by atoms with van der Waals surface area (Å²) in [6, 6.07) is 0. The van der Waals surface area contributed by atoms with Gasteiger partial charge in [-0.2, -0.15) is 5.10 Å². The molecule has 0 radical (unpaired) electrons. The quantitative estimate of drug-likeness (QED) is 0.701. The van der Waals surface area contributed by atoms with Crippen LogP contribution >= 0.6 is 0 Å². The van der Waals surface area contributed by atoms with Crippen molar-refractivity contribution in [2.24, 2.45) is 41.5 Å². The minimum atomic E-state index is -0.180. The summed E-state index contributed by atoms with van der Waals surface area (Å²) in [5.74, 6) is 2.94. The normalized spacial score (nSPS) is 45.8. The molecule has 5 rings (SSSR count). The van der Waals surface area contributed by atoms with Crippen molar-refractivity contribution in [3.05, 3.63) is 23.0 Å². The molecule has 29 heavy (non-hydrogen) atoms. The van der Waals surface area contributed by atoms with Gasteiger partial charge in [-0.15, -0.1) is 0 Å². The van der Waals surface area contributed by atoms with Crippen LogP contribution in [-0.2, 0) is 11.8 Å². The van der Waals surface area contributed by atoms with Crippen molar-refractivity contribution in [3.63, 3.8) is 0 Å². The standard InChI is InChI=1S/C25H36N2O2/c1-15-17(14-27(4)26-15)11-16-12-22-20-6-5-18-13-19(28)7-9-24(18,2)21(20)8-10-25(22,3)23(16)29/h11,14,18-22,28H,5-10,12-13H2,1-4H3/b16-11-/t18-,19-,20-,21+,22+,24+,25+/m1/s1. The molecule has 4 saturated carbocycles. The van der Waals surface area contributed by atoms with Crippen molar-refractivity contribution in [1.82, 2.24) is 9.78 Å². The van der Waals surface area contributed by atoms with Crippen molar-refractivity contribution >= 4 is 11.9 Å². The van der Waals surface area contributed by atoms with E-state index in [1.165, 1.54) is 19.3 Å². The van der Waals surface area contributed by atoms with Crippen LogP contribution < -0.4 is 0 Å². The van der Waals surface area contributed by atoms with Gasteiger partial charge < -0.3 is 5.11 Å². The van der Waals surface area contributed by atoms with E-state index in [9.17, 15) is 9.90 Å². The molecule has 4 nitrogen and oxygen atoms in total. The van der Waals surface area contributed by atoms with Gasteiger partial charge in [-0.3, -0.25) is 9.48 Å². The van der Waals surface area contributed by atoms with Gasteiger partial charge in [-0.1, -0.05) is 13.8 Å². The van der Waals surface area contributed by atoms with Crippen LogP contribution in [0, 0.1) is 41.4 Å². The van der Waals surface area contributed by atoms with Gasteiger partial charge in [0.05, 0.1) is 11.8 Å². The van der Waals surface area contributed by atoms with Crippen LogP contribution in [0.15, 0.2) is 11.8 Å². The maximum Gasteiger partial charge on any atom is 0.165 e. The molecule has 158 valence electrons. The predicted molar refractivity (Wildman–Crippen MR) is 114 cm³/mol. The summed E-state index contributed by atoms with van der Waals surface area (Å²) in [4.78, 5) is 13.5. The van der Waals surface area contributed by atoms with Gasteiger partial charge in [-0.25, -0.2) is 0 Å². The first kappa shape index (κ1) is 19.5. The number of aliphatic hydroxyl groups is 1. The fourth-order valence-electron chi connectivity index (χ4n) is 7.98. The second-order valence-electron chi connectivity index (χ2n) is 11.1. The molecule has 1 aromatic rings. The molecule has 0 saturated heterocycles. The maximum atomic E-state index is 13.5. The number of carbonyl (C=O) groups is 1.